The number of benzene rings is 1. The van der Waals surface area contributed by atoms with Crippen LogP contribution in [0.2, 0.25) is 0 Å². The first-order valence-corrected chi connectivity index (χ1v) is 13.7. The van der Waals surface area contributed by atoms with Gasteiger partial charge in [0, 0.05) is 17.4 Å². The Kier molecular flexibility index (Phi) is 6.78. The molecule has 0 amide bonds. The van der Waals surface area contributed by atoms with Crippen LogP contribution in [0.5, 0.6) is 0 Å². The number of rotatable bonds is 7. The number of fused-ring (bicyclic) bond motifs is 2. The van der Waals surface area contributed by atoms with E-state index in [9.17, 15) is 13.5 Å². The van der Waals surface area contributed by atoms with E-state index in [4.69, 9.17) is 16.7 Å². The lowest BCUT2D eigenvalue weighted by Gasteiger charge is -2.35. The van der Waals surface area contributed by atoms with E-state index < -0.39 is 22.3 Å². The molecule has 3 aliphatic rings. The third kappa shape index (κ3) is 4.86. The Labute approximate surface area is 210 Å². The maximum Gasteiger partial charge on any atom is 0.333 e. The van der Waals surface area contributed by atoms with Crippen LogP contribution in [0, 0.1) is 5.92 Å². The van der Waals surface area contributed by atoms with E-state index in [0.29, 0.717) is 30.2 Å². The second-order valence-corrected chi connectivity index (χ2v) is 11.3. The number of aromatic nitrogens is 2. The van der Waals surface area contributed by atoms with Gasteiger partial charge in [-0.3, -0.25) is 9.19 Å². The Bertz CT molecular complexity index is 1210. The van der Waals surface area contributed by atoms with Gasteiger partial charge < -0.3 is 21.5 Å². The van der Waals surface area contributed by atoms with Gasteiger partial charge in [-0.1, -0.05) is 24.3 Å². The van der Waals surface area contributed by atoms with Crippen molar-refractivity contribution in [3.63, 3.8) is 0 Å². The van der Waals surface area contributed by atoms with Crippen molar-refractivity contribution in [2.24, 2.45) is 16.9 Å². The fourth-order valence-corrected chi connectivity index (χ4v) is 6.47. The second-order valence-electron chi connectivity index (χ2n) is 10.1. The lowest BCUT2D eigenvalue weighted by Crippen LogP contribution is -2.41. The fraction of sp³-hybridized carbons (Fsp3) is 0.565. The number of hydrogen-bond acceptors (Lipinski definition) is 11. The molecule has 196 valence electrons. The summed E-state index contributed by atoms with van der Waals surface area (Å²) < 4.78 is 26.9. The molecule has 1 aromatic heterocycles. The van der Waals surface area contributed by atoms with Crippen LogP contribution in [-0.4, -0.2) is 55.3 Å². The molecule has 2 fully saturated rings. The molecular weight excluding hydrogens is 484 g/mol. The van der Waals surface area contributed by atoms with Crippen molar-refractivity contribution >= 4 is 27.6 Å². The van der Waals surface area contributed by atoms with Crippen LogP contribution < -0.4 is 32.4 Å². The monoisotopic (exact) mass is 518 g/mol. The number of anilines is 3. The average Bonchev–Trinajstić information content (AvgIpc) is 3.37. The van der Waals surface area contributed by atoms with Crippen LogP contribution >= 0.6 is 0 Å². The minimum absolute atomic E-state index is 0.0589. The van der Waals surface area contributed by atoms with Gasteiger partial charge in [0.05, 0.1) is 18.8 Å². The molecule has 0 radical (unpaired) electrons. The lowest BCUT2D eigenvalue weighted by atomic mass is 9.74. The van der Waals surface area contributed by atoms with Crippen molar-refractivity contribution in [3.05, 3.63) is 41.7 Å². The standard InChI is InChI=1S/C23H34N8O4S/c24-20-21(30-18-11-23(5-7-27-8-6-23)17-4-2-1-3-16(17)18)28-13-29-22(20)31(25)15-9-14(19(32)10-15)12-35-36(26,33)34/h1-4,13-15,18-19,27,32H,5-12,24-25H2,(H2,26,33,34)(H,28,29,30)/t14?,15?,18-,19?/m0/s1. The largest absolute Gasteiger partial charge is 0.393 e. The van der Waals surface area contributed by atoms with Gasteiger partial charge in [0.1, 0.15) is 12.0 Å². The first-order chi connectivity index (χ1) is 17.2. The molecule has 1 saturated carbocycles. The highest BCUT2D eigenvalue weighted by molar-refractivity contribution is 7.84. The molecule has 5 rings (SSSR count). The zero-order valence-electron chi connectivity index (χ0n) is 20.0. The highest BCUT2D eigenvalue weighted by atomic mass is 32.2. The molecule has 2 aliphatic carbocycles. The Morgan fingerprint density at radius 3 is 2.72 bits per heavy atom. The van der Waals surface area contributed by atoms with E-state index >= 15 is 0 Å². The van der Waals surface area contributed by atoms with E-state index in [2.05, 4.69) is 49.1 Å². The number of aliphatic hydroxyl groups excluding tert-OH is 1. The first kappa shape index (κ1) is 25.1. The third-order valence-corrected chi connectivity index (χ3v) is 8.42. The average molecular weight is 519 g/mol. The summed E-state index contributed by atoms with van der Waals surface area (Å²) in [7, 11) is -4.09. The summed E-state index contributed by atoms with van der Waals surface area (Å²) in [4.78, 5) is 8.72. The molecule has 1 aromatic carbocycles. The number of hydrazine groups is 1. The summed E-state index contributed by atoms with van der Waals surface area (Å²) >= 11 is 0. The molecule has 1 spiro atoms. The van der Waals surface area contributed by atoms with Gasteiger partial charge in [0.15, 0.2) is 11.6 Å². The topological polar surface area (TPSA) is 195 Å². The maximum absolute atomic E-state index is 11.1. The van der Waals surface area contributed by atoms with Crippen LogP contribution in [0.15, 0.2) is 30.6 Å². The normalized spacial score (nSPS) is 27.2. The summed E-state index contributed by atoms with van der Waals surface area (Å²) in [5.41, 5.74) is 9.62. The Morgan fingerprint density at radius 2 is 1.97 bits per heavy atom. The maximum atomic E-state index is 11.1. The highest BCUT2D eigenvalue weighted by Crippen LogP contribution is 2.51. The molecule has 2 aromatic rings. The summed E-state index contributed by atoms with van der Waals surface area (Å²) in [6.45, 7) is 1.79. The van der Waals surface area contributed by atoms with Crippen molar-refractivity contribution in [1.82, 2.24) is 15.3 Å². The zero-order chi connectivity index (χ0) is 25.5. The smallest absolute Gasteiger partial charge is 0.333 e. The third-order valence-electron chi connectivity index (χ3n) is 7.95. The van der Waals surface area contributed by atoms with Crippen molar-refractivity contribution in [2.45, 2.75) is 55.7 Å². The zero-order valence-corrected chi connectivity index (χ0v) is 20.8. The predicted molar refractivity (Wildman–Crippen MR) is 136 cm³/mol. The molecule has 13 heteroatoms. The van der Waals surface area contributed by atoms with Gasteiger partial charge in [-0.2, -0.15) is 8.42 Å². The summed E-state index contributed by atoms with van der Waals surface area (Å²) in [6.07, 6.45) is 4.47. The van der Waals surface area contributed by atoms with Gasteiger partial charge in [-0.25, -0.2) is 20.9 Å². The molecule has 0 bridgehead atoms. The van der Waals surface area contributed by atoms with Gasteiger partial charge in [0.2, 0.25) is 0 Å². The molecular formula is C23H34N8O4S. The van der Waals surface area contributed by atoms with E-state index in [0.717, 1.165) is 32.4 Å². The van der Waals surface area contributed by atoms with Crippen LogP contribution in [-0.2, 0) is 19.9 Å². The van der Waals surface area contributed by atoms with Gasteiger partial charge >= 0.3 is 10.3 Å². The first-order valence-electron chi connectivity index (χ1n) is 12.2. The minimum Gasteiger partial charge on any atom is -0.393 e. The summed E-state index contributed by atoms with van der Waals surface area (Å²) in [5.74, 6) is 6.83. The number of aliphatic hydroxyl groups is 1. The molecule has 1 saturated heterocycles. The molecule has 36 heavy (non-hydrogen) atoms. The van der Waals surface area contributed by atoms with Gasteiger partial charge in [-0.15, -0.1) is 0 Å². The molecule has 2 heterocycles. The van der Waals surface area contributed by atoms with Crippen LogP contribution in [0.3, 0.4) is 0 Å². The minimum atomic E-state index is -4.09. The highest BCUT2D eigenvalue weighted by Gasteiger charge is 2.44. The van der Waals surface area contributed by atoms with Gasteiger partial charge in [-0.05, 0) is 56.3 Å². The number of nitrogens with one attached hydrogen (secondary N) is 2. The molecule has 9 N–H and O–H groups in total. The number of piperidine rings is 1. The Morgan fingerprint density at radius 1 is 1.22 bits per heavy atom. The van der Waals surface area contributed by atoms with E-state index in [-0.39, 0.29) is 24.1 Å². The van der Waals surface area contributed by atoms with Crippen LogP contribution in [0.1, 0.15) is 49.3 Å². The van der Waals surface area contributed by atoms with Crippen LogP contribution in [0.4, 0.5) is 17.3 Å². The quantitative estimate of drug-likeness (QED) is 0.218. The van der Waals surface area contributed by atoms with E-state index in [1.54, 1.807) is 0 Å². The second kappa shape index (κ2) is 9.72. The Hall–Kier alpha value is -2.55. The van der Waals surface area contributed by atoms with Crippen LogP contribution in [0.25, 0.3) is 0 Å². The predicted octanol–water partition coefficient (Wildman–Crippen LogP) is 0.277. The van der Waals surface area contributed by atoms with E-state index in [1.807, 2.05) is 0 Å². The number of nitrogens with zero attached hydrogens (tertiary/aromatic N) is 3. The fourth-order valence-electron chi connectivity index (χ4n) is 6.11. The molecule has 12 nitrogen and oxygen atoms in total. The molecule has 1 aliphatic heterocycles. The van der Waals surface area contributed by atoms with Gasteiger partial charge in [0.25, 0.3) is 0 Å². The molecule has 3 unspecified atom stereocenters. The van der Waals surface area contributed by atoms with Crippen molar-refractivity contribution in [2.75, 3.05) is 35.8 Å². The summed E-state index contributed by atoms with van der Waals surface area (Å²) in [5, 5.41) is 23.8. The number of nitrogen functional groups attached to an aromatic ring is 1. The lowest BCUT2D eigenvalue weighted by molar-refractivity contribution is 0.101. The molecule has 4 atom stereocenters. The van der Waals surface area contributed by atoms with E-state index in [1.165, 1.54) is 22.5 Å². The Balaban J connectivity index is 1.33. The van der Waals surface area contributed by atoms with Crippen molar-refractivity contribution in [1.29, 1.82) is 0 Å². The van der Waals surface area contributed by atoms with Crippen molar-refractivity contribution < 1.29 is 17.7 Å². The van der Waals surface area contributed by atoms with Crippen molar-refractivity contribution in [3.8, 4) is 0 Å². The number of hydrogen-bond donors (Lipinski definition) is 6. The number of nitrogens with two attached hydrogens (primary N) is 3. The summed E-state index contributed by atoms with van der Waals surface area (Å²) in [6, 6.07) is 8.31. The SMILES string of the molecule is Nc1c(N[C@H]2CC3(CCNCC3)c3ccccc32)ncnc1N(N)C1CC(O)C(COS(N)(=O)=O)C1.